The zero-order valence-corrected chi connectivity index (χ0v) is 10.9. The molecule has 0 saturated heterocycles. The zero-order valence-electron chi connectivity index (χ0n) is 8.19. The number of alkyl halides is 1. The van der Waals surface area contributed by atoms with Gasteiger partial charge < -0.3 is 0 Å². The quantitative estimate of drug-likeness (QED) is 0.273. The van der Waals surface area contributed by atoms with Crippen LogP contribution in [0.15, 0.2) is 0 Å². The molecular weight excluding hydrogens is 176 g/mol. The normalized spacial score (nSPS) is 13.4. The Kier molecular flexibility index (Phi) is 4.62. The predicted molar refractivity (Wildman–Crippen MR) is 55.3 cm³/mol. The molecule has 0 radical (unpaired) electrons. The molecule has 0 amide bonds. The van der Waals surface area contributed by atoms with Crippen LogP contribution in [0.1, 0.15) is 6.42 Å². The van der Waals surface area contributed by atoms with Crippen molar-refractivity contribution in [2.45, 2.75) is 17.6 Å². The molecule has 0 aromatic carbocycles. The van der Waals surface area contributed by atoms with E-state index in [1.165, 1.54) is 16.3 Å². The molecule has 0 rings (SSSR count). The van der Waals surface area contributed by atoms with Crippen LogP contribution in [0.25, 0.3) is 0 Å². The van der Waals surface area contributed by atoms with E-state index in [1.54, 1.807) is 0 Å². The van der Waals surface area contributed by atoms with Gasteiger partial charge in [0.15, 0.2) is 0 Å². The third-order valence-electron chi connectivity index (χ3n) is 1.94. The monoisotopic (exact) mass is 194 g/mol. The van der Waals surface area contributed by atoms with Crippen LogP contribution in [-0.4, -0.2) is 53.4 Å². The minimum Gasteiger partial charge on any atom is -0.279 e. The van der Waals surface area contributed by atoms with Crippen LogP contribution in [0.3, 0.4) is 0 Å². The molecule has 0 unspecified atom stereocenters. The van der Waals surface area contributed by atoms with E-state index in [0.717, 1.165) is 6.42 Å². The van der Waals surface area contributed by atoms with Gasteiger partial charge in [-0.1, -0.05) is 17.6 Å². The van der Waals surface area contributed by atoms with E-state index >= 15 is 0 Å². The van der Waals surface area contributed by atoms with E-state index in [-0.39, 0.29) is 5.12 Å². The molecule has 0 bridgehead atoms. The van der Waals surface area contributed by atoms with Gasteiger partial charge in [0.1, 0.15) is 5.12 Å². The second kappa shape index (κ2) is 4.45. The molecule has 0 heterocycles. The average Bonchev–Trinajstić information content (AvgIpc) is 1.87. The van der Waals surface area contributed by atoms with Gasteiger partial charge in [-0.3, -0.25) is 9.80 Å². The van der Waals surface area contributed by atoms with Crippen molar-refractivity contribution in [2.24, 2.45) is 0 Å². The highest BCUT2D eigenvalue weighted by atomic mass is 35.5. The topological polar surface area (TPSA) is 6.48 Å². The summed E-state index contributed by atoms with van der Waals surface area (Å²) in [6.07, 6.45) is 1.04. The lowest BCUT2D eigenvalue weighted by molar-refractivity contribution is 0.0818. The molecule has 0 aliphatic rings. The Morgan fingerprint density at radius 2 is 1.55 bits per heavy atom. The second-order valence-corrected chi connectivity index (χ2v) is 4.86. The lowest BCUT2D eigenvalue weighted by Gasteiger charge is -2.39. The molecule has 0 spiro atoms. The van der Waals surface area contributed by atoms with Gasteiger partial charge >= 0.3 is 0 Å². The van der Waals surface area contributed by atoms with Crippen LogP contribution < -0.4 is 0 Å². The van der Waals surface area contributed by atoms with Crippen molar-refractivity contribution in [3.8, 4) is 0 Å². The first kappa shape index (κ1) is 11.4. The van der Waals surface area contributed by atoms with Gasteiger partial charge in [0.2, 0.25) is 0 Å². The molecule has 0 atom stereocenters. The Bertz CT molecular complexity index is 109. The van der Waals surface area contributed by atoms with Crippen molar-refractivity contribution in [3.63, 3.8) is 0 Å². The molecule has 68 valence electrons. The Labute approximate surface area is 77.9 Å². The van der Waals surface area contributed by atoms with Gasteiger partial charge in [0.05, 0.1) is 0 Å². The fraction of sp³-hybridized carbons (Fsp3) is 1.00. The van der Waals surface area contributed by atoms with Gasteiger partial charge in [-0.05, 0) is 34.6 Å². The number of rotatable bonds is 4. The third kappa shape index (κ3) is 2.74. The largest absolute Gasteiger partial charge is 0.279 e. The van der Waals surface area contributed by atoms with E-state index < -0.39 is 0 Å². The maximum absolute atomic E-state index is 6.38. The molecule has 2 nitrogen and oxygen atoms in total. The molecule has 0 aromatic rings. The number of halogens is 1. The van der Waals surface area contributed by atoms with Crippen LogP contribution in [0, 0.1) is 0 Å². The minimum absolute atomic E-state index is 0.276. The number of nitrogens with zero attached hydrogens (tertiary/aromatic N) is 2. The average molecular weight is 195 g/mol. The molecule has 4 heteroatoms. The van der Waals surface area contributed by atoms with Gasteiger partial charge in [0.25, 0.3) is 0 Å². The van der Waals surface area contributed by atoms with Crippen LogP contribution >= 0.6 is 11.6 Å². The van der Waals surface area contributed by atoms with E-state index in [2.05, 4.69) is 9.80 Å². The summed E-state index contributed by atoms with van der Waals surface area (Å²) < 4.78 is 0. The van der Waals surface area contributed by atoms with E-state index in [4.69, 9.17) is 11.6 Å². The highest BCUT2D eigenvalue weighted by Crippen LogP contribution is 2.25. The second-order valence-electron chi connectivity index (χ2n) is 3.26. The van der Waals surface area contributed by atoms with E-state index in [1.807, 2.05) is 28.2 Å². The minimum atomic E-state index is -0.276. The fourth-order valence-corrected chi connectivity index (χ4v) is 2.37. The predicted octanol–water partition coefficient (Wildman–Crippen LogP) is 0.176. The number of hydrogen-bond acceptors (Lipinski definition) is 2. The van der Waals surface area contributed by atoms with Crippen molar-refractivity contribution < 1.29 is 0 Å². The summed E-state index contributed by atoms with van der Waals surface area (Å²) in [7, 11) is 9.30. The summed E-state index contributed by atoms with van der Waals surface area (Å²) >= 11 is 6.38. The summed E-state index contributed by atoms with van der Waals surface area (Å²) in [5.74, 6) is 0. The van der Waals surface area contributed by atoms with Crippen molar-refractivity contribution >= 4 is 21.8 Å². The van der Waals surface area contributed by atoms with Gasteiger partial charge in [-0.2, -0.15) is 0 Å². The Hall–Kier alpha value is 0.427. The lowest BCUT2D eigenvalue weighted by Crippen LogP contribution is -2.50. The first-order valence-corrected chi connectivity index (χ1v) is 5.78. The van der Waals surface area contributed by atoms with Crippen molar-refractivity contribution in [1.82, 2.24) is 9.80 Å². The van der Waals surface area contributed by atoms with Crippen LogP contribution in [0.2, 0.25) is 6.04 Å². The summed E-state index contributed by atoms with van der Waals surface area (Å²) in [5.41, 5.74) is 0. The van der Waals surface area contributed by atoms with Crippen LogP contribution in [-0.2, 0) is 0 Å². The van der Waals surface area contributed by atoms with E-state index in [9.17, 15) is 0 Å². The molecule has 0 aliphatic heterocycles. The van der Waals surface area contributed by atoms with E-state index in [0.29, 0.717) is 0 Å². The SMILES string of the molecule is CN(C)C(Cl)(CC[SiH3])N(C)C. The van der Waals surface area contributed by atoms with Crippen molar-refractivity contribution in [3.05, 3.63) is 0 Å². The van der Waals surface area contributed by atoms with Gasteiger partial charge in [-0.25, -0.2) is 0 Å². The smallest absolute Gasteiger partial charge is 0.150 e. The summed E-state index contributed by atoms with van der Waals surface area (Å²) in [4.78, 5) is 4.12. The Morgan fingerprint density at radius 1 is 1.18 bits per heavy atom. The summed E-state index contributed by atoms with van der Waals surface area (Å²) in [6.45, 7) is 0. The molecule has 0 N–H and O–H groups in total. The maximum Gasteiger partial charge on any atom is 0.150 e. The summed E-state index contributed by atoms with van der Waals surface area (Å²) in [5, 5.41) is -0.276. The van der Waals surface area contributed by atoms with Crippen LogP contribution in [0.4, 0.5) is 0 Å². The fourth-order valence-electron chi connectivity index (χ4n) is 1.17. The van der Waals surface area contributed by atoms with Crippen molar-refractivity contribution in [2.75, 3.05) is 28.2 Å². The van der Waals surface area contributed by atoms with Gasteiger partial charge in [0, 0.05) is 10.2 Å². The molecule has 0 saturated carbocycles. The maximum atomic E-state index is 6.38. The molecule has 0 aliphatic carbocycles. The number of hydrogen-bond donors (Lipinski definition) is 0. The molecular formula is C7H19ClN2Si. The molecule has 11 heavy (non-hydrogen) atoms. The molecule has 0 fully saturated rings. The summed E-state index contributed by atoms with van der Waals surface area (Å²) in [6, 6.07) is 1.24. The Balaban J connectivity index is 4.26. The first-order chi connectivity index (χ1) is 4.95. The first-order valence-electron chi connectivity index (χ1n) is 3.99. The third-order valence-corrected chi connectivity index (χ3v) is 3.30. The van der Waals surface area contributed by atoms with Gasteiger partial charge in [-0.15, -0.1) is 0 Å². The standard InChI is InChI=1S/C7H19ClN2Si/c1-9(2)7(8,5-6-11)10(3)4/h5-6H2,1-4,11H3. The highest BCUT2D eigenvalue weighted by Gasteiger charge is 2.30. The van der Waals surface area contributed by atoms with Crippen molar-refractivity contribution in [1.29, 1.82) is 0 Å². The highest BCUT2D eigenvalue weighted by molar-refractivity contribution is 6.23. The zero-order chi connectivity index (χ0) is 9.07. The molecule has 0 aromatic heterocycles. The Morgan fingerprint density at radius 3 is 1.64 bits per heavy atom. The van der Waals surface area contributed by atoms with Crippen LogP contribution in [0.5, 0.6) is 0 Å². The lowest BCUT2D eigenvalue weighted by atomic mass is 10.3.